The van der Waals surface area contributed by atoms with Crippen molar-refractivity contribution in [1.82, 2.24) is 14.8 Å². The highest BCUT2D eigenvalue weighted by Crippen LogP contribution is 2.37. The number of amides is 2. The van der Waals surface area contributed by atoms with Crippen molar-refractivity contribution < 1.29 is 18.5 Å². The Morgan fingerprint density at radius 2 is 2.07 bits per heavy atom. The lowest BCUT2D eigenvalue weighted by atomic mass is 10.0. The molecule has 0 aliphatic carbocycles. The highest BCUT2D eigenvalue weighted by atomic mass is 32.2. The number of ether oxygens (including phenoxy) is 1. The van der Waals surface area contributed by atoms with Crippen LogP contribution in [0.15, 0.2) is 30.5 Å². The number of likely N-dealkylation sites (tertiary alicyclic amines) is 1. The van der Waals surface area contributed by atoms with Crippen molar-refractivity contribution in [2.45, 2.75) is 17.7 Å². The molecule has 8 heteroatoms. The number of carbonyl (C=O) groups is 2. The van der Waals surface area contributed by atoms with Crippen LogP contribution in [0, 0.1) is 0 Å². The van der Waals surface area contributed by atoms with Gasteiger partial charge < -0.3 is 19.5 Å². The summed E-state index contributed by atoms with van der Waals surface area (Å²) in [5, 5.41) is 1.00. The van der Waals surface area contributed by atoms with Gasteiger partial charge in [0, 0.05) is 62.2 Å². The lowest BCUT2D eigenvalue weighted by Crippen LogP contribution is -2.56. The van der Waals surface area contributed by atoms with Gasteiger partial charge >= 0.3 is 0 Å². The van der Waals surface area contributed by atoms with Crippen molar-refractivity contribution in [3.05, 3.63) is 36.0 Å². The summed E-state index contributed by atoms with van der Waals surface area (Å²) in [5.74, 6) is -0.0310. The summed E-state index contributed by atoms with van der Waals surface area (Å²) in [5.41, 5.74) is 1.65. The minimum Gasteiger partial charge on any atom is -0.383 e. The van der Waals surface area contributed by atoms with E-state index in [0.29, 0.717) is 44.6 Å². The predicted octanol–water partition coefficient (Wildman–Crippen LogP) is 1.34. The van der Waals surface area contributed by atoms with Crippen molar-refractivity contribution in [1.29, 1.82) is 0 Å². The van der Waals surface area contributed by atoms with E-state index < -0.39 is 15.7 Å². The summed E-state index contributed by atoms with van der Waals surface area (Å²) in [6.07, 6.45) is 2.92. The third-order valence-electron chi connectivity index (χ3n) is 5.62. The monoisotopic (exact) mass is 389 g/mol. The van der Waals surface area contributed by atoms with Crippen LogP contribution in [-0.2, 0) is 20.3 Å². The molecule has 2 fully saturated rings. The SMILES string of the molecule is COCCN1C(=O)CS(=O)C12CCN(C(=O)c1ccc3[nH]ccc3c1)CC2. The van der Waals surface area contributed by atoms with Crippen molar-refractivity contribution in [2.24, 2.45) is 0 Å². The van der Waals surface area contributed by atoms with E-state index in [0.717, 1.165) is 10.9 Å². The van der Waals surface area contributed by atoms with E-state index in [-0.39, 0.29) is 17.6 Å². The van der Waals surface area contributed by atoms with Gasteiger partial charge in [0.15, 0.2) is 0 Å². The van der Waals surface area contributed by atoms with E-state index in [1.54, 1.807) is 16.9 Å². The molecule has 2 aliphatic rings. The molecule has 1 aromatic carbocycles. The van der Waals surface area contributed by atoms with Crippen LogP contribution in [0.2, 0.25) is 0 Å². The summed E-state index contributed by atoms with van der Waals surface area (Å²) < 4.78 is 17.8. The second-order valence-electron chi connectivity index (χ2n) is 7.05. The number of aromatic nitrogens is 1. The molecule has 144 valence electrons. The number of H-pyrrole nitrogens is 1. The molecular formula is C19H23N3O4S. The van der Waals surface area contributed by atoms with Gasteiger partial charge in [-0.2, -0.15) is 0 Å². The van der Waals surface area contributed by atoms with E-state index in [1.807, 2.05) is 30.5 Å². The van der Waals surface area contributed by atoms with Crippen LogP contribution in [0.1, 0.15) is 23.2 Å². The molecule has 1 spiro atoms. The van der Waals surface area contributed by atoms with Crippen LogP contribution in [0.5, 0.6) is 0 Å². The molecule has 4 rings (SSSR count). The molecule has 27 heavy (non-hydrogen) atoms. The van der Waals surface area contributed by atoms with Crippen molar-refractivity contribution in [3.63, 3.8) is 0 Å². The van der Waals surface area contributed by atoms with Crippen LogP contribution in [0.3, 0.4) is 0 Å². The second kappa shape index (κ2) is 7.09. The normalized spacial score (nSPS) is 22.1. The topological polar surface area (TPSA) is 82.7 Å². The van der Waals surface area contributed by atoms with Gasteiger partial charge in [-0.25, -0.2) is 0 Å². The average Bonchev–Trinajstić information content (AvgIpc) is 3.23. The molecule has 1 atom stereocenters. The Kier molecular flexibility index (Phi) is 4.77. The van der Waals surface area contributed by atoms with Gasteiger partial charge in [-0.1, -0.05) is 0 Å². The number of fused-ring (bicyclic) bond motifs is 1. The zero-order chi connectivity index (χ0) is 19.0. The fraction of sp³-hybridized carbons (Fsp3) is 0.474. The standard InChI is InChI=1S/C19H23N3O4S/c1-26-11-10-22-17(23)13-27(25)19(22)5-8-21(9-6-19)18(24)15-2-3-16-14(12-15)4-7-20-16/h2-4,7,12,20H,5-6,8-11,13H2,1H3. The first-order chi connectivity index (χ1) is 13.0. The Balaban J connectivity index is 1.49. The summed E-state index contributed by atoms with van der Waals surface area (Å²) in [6, 6.07) is 7.57. The van der Waals surface area contributed by atoms with Crippen LogP contribution in [-0.4, -0.2) is 74.8 Å². The second-order valence-corrected chi connectivity index (χ2v) is 8.79. The number of rotatable bonds is 4. The van der Waals surface area contributed by atoms with E-state index in [2.05, 4.69) is 4.98 Å². The number of hydrogen-bond donors (Lipinski definition) is 1. The maximum Gasteiger partial charge on any atom is 0.253 e. The van der Waals surface area contributed by atoms with E-state index in [9.17, 15) is 13.8 Å². The van der Waals surface area contributed by atoms with Gasteiger partial charge in [0.1, 0.15) is 10.6 Å². The molecule has 1 N–H and O–H groups in total. The fourth-order valence-electron chi connectivity index (χ4n) is 4.11. The highest BCUT2D eigenvalue weighted by molar-refractivity contribution is 7.87. The lowest BCUT2D eigenvalue weighted by molar-refractivity contribution is -0.131. The summed E-state index contributed by atoms with van der Waals surface area (Å²) in [4.78, 5) is 31.2. The largest absolute Gasteiger partial charge is 0.383 e. The minimum absolute atomic E-state index is 0.0218. The minimum atomic E-state index is -1.24. The Morgan fingerprint density at radius 3 is 2.81 bits per heavy atom. The number of benzene rings is 1. The van der Waals surface area contributed by atoms with Gasteiger partial charge in [0.25, 0.3) is 5.91 Å². The van der Waals surface area contributed by atoms with Crippen LogP contribution >= 0.6 is 0 Å². The summed E-state index contributed by atoms with van der Waals surface area (Å²) in [7, 11) is 0.351. The van der Waals surface area contributed by atoms with E-state index in [1.165, 1.54) is 0 Å². The Hall–Kier alpha value is -2.19. The Labute approximate surface area is 160 Å². The maximum atomic E-state index is 12.9. The zero-order valence-electron chi connectivity index (χ0n) is 15.3. The van der Waals surface area contributed by atoms with Gasteiger partial charge in [-0.15, -0.1) is 0 Å². The van der Waals surface area contributed by atoms with Crippen LogP contribution in [0.4, 0.5) is 0 Å². The van der Waals surface area contributed by atoms with Crippen molar-refractivity contribution in [3.8, 4) is 0 Å². The molecule has 1 unspecified atom stereocenters. The Morgan fingerprint density at radius 1 is 1.30 bits per heavy atom. The maximum absolute atomic E-state index is 12.9. The van der Waals surface area contributed by atoms with Crippen LogP contribution < -0.4 is 0 Å². The number of aromatic amines is 1. The summed E-state index contributed by atoms with van der Waals surface area (Å²) >= 11 is 0. The number of methoxy groups -OCH3 is 1. The predicted molar refractivity (Wildman–Crippen MR) is 103 cm³/mol. The smallest absolute Gasteiger partial charge is 0.253 e. The number of nitrogens with zero attached hydrogens (tertiary/aromatic N) is 2. The fourth-order valence-corrected chi connectivity index (χ4v) is 5.84. The molecular weight excluding hydrogens is 366 g/mol. The van der Waals surface area contributed by atoms with Gasteiger partial charge in [0.2, 0.25) is 5.91 Å². The first-order valence-corrected chi connectivity index (χ1v) is 10.4. The quantitative estimate of drug-likeness (QED) is 0.855. The van der Waals surface area contributed by atoms with Crippen molar-refractivity contribution >= 4 is 33.5 Å². The number of carbonyl (C=O) groups excluding carboxylic acids is 2. The number of piperidine rings is 1. The van der Waals surface area contributed by atoms with Crippen molar-refractivity contribution in [2.75, 3.05) is 39.1 Å². The van der Waals surface area contributed by atoms with Gasteiger partial charge in [-0.3, -0.25) is 13.8 Å². The highest BCUT2D eigenvalue weighted by Gasteiger charge is 2.52. The van der Waals surface area contributed by atoms with Gasteiger partial charge in [0.05, 0.1) is 17.4 Å². The molecule has 0 bridgehead atoms. The van der Waals surface area contributed by atoms with E-state index >= 15 is 0 Å². The molecule has 7 nitrogen and oxygen atoms in total. The molecule has 2 aromatic rings. The molecule has 2 saturated heterocycles. The summed E-state index contributed by atoms with van der Waals surface area (Å²) in [6.45, 7) is 1.85. The third-order valence-corrected chi connectivity index (χ3v) is 7.61. The molecule has 0 radical (unpaired) electrons. The molecule has 2 amide bonds. The van der Waals surface area contributed by atoms with E-state index in [4.69, 9.17) is 4.74 Å². The van der Waals surface area contributed by atoms with Crippen LogP contribution in [0.25, 0.3) is 10.9 Å². The lowest BCUT2D eigenvalue weighted by Gasteiger charge is -2.43. The van der Waals surface area contributed by atoms with Gasteiger partial charge in [-0.05, 0) is 24.3 Å². The third kappa shape index (κ3) is 3.06. The number of hydrogen-bond acceptors (Lipinski definition) is 4. The number of nitrogens with one attached hydrogen (secondary N) is 1. The Bertz CT molecular complexity index is 901. The molecule has 1 aromatic heterocycles. The average molecular weight is 389 g/mol. The molecule has 0 saturated carbocycles. The zero-order valence-corrected chi connectivity index (χ0v) is 16.1. The first kappa shape index (κ1) is 18.2. The first-order valence-electron chi connectivity index (χ1n) is 9.09. The molecule has 3 heterocycles. The molecule has 2 aliphatic heterocycles.